The molecule has 0 radical (unpaired) electrons. The molecule has 2 N–H and O–H groups in total. The molecular weight excluding hydrogens is 440 g/mol. The van der Waals surface area contributed by atoms with Gasteiger partial charge in [0.05, 0.1) is 41.7 Å². The maximum atomic E-state index is 12.9. The standard InChI is InChI=1S/C21H23ClN4O4S/c1-4-19-17(13-23-26(19)16-8-6-7-14(22)11-16)21(27)24-15-9-10-18(20(12-15)30-3)25-31(28,29)5-2/h6-13,25H,4-5H2,1-3H3,(H,24,27). The largest absolute Gasteiger partial charge is 0.494 e. The second-order valence-corrected chi connectivity index (χ2v) is 9.07. The Hall–Kier alpha value is -3.04. The molecule has 0 unspecified atom stereocenters. The van der Waals surface area contributed by atoms with Crippen molar-refractivity contribution in [2.24, 2.45) is 0 Å². The summed E-state index contributed by atoms with van der Waals surface area (Å²) in [5.41, 5.74) is 2.68. The molecule has 3 rings (SSSR count). The van der Waals surface area contributed by atoms with E-state index in [1.807, 2.05) is 19.1 Å². The fraction of sp³-hybridized carbons (Fsp3) is 0.238. The molecule has 1 heterocycles. The van der Waals surface area contributed by atoms with Gasteiger partial charge in [-0.3, -0.25) is 9.52 Å². The number of benzene rings is 2. The predicted octanol–water partition coefficient (Wildman–Crippen LogP) is 4.11. The van der Waals surface area contributed by atoms with Crippen molar-refractivity contribution in [2.75, 3.05) is 22.9 Å². The fourth-order valence-electron chi connectivity index (χ4n) is 3.03. The zero-order chi connectivity index (χ0) is 22.6. The third-order valence-corrected chi connectivity index (χ3v) is 6.13. The van der Waals surface area contributed by atoms with E-state index in [0.717, 1.165) is 11.4 Å². The smallest absolute Gasteiger partial charge is 0.259 e. The van der Waals surface area contributed by atoms with E-state index in [1.54, 1.807) is 28.9 Å². The quantitative estimate of drug-likeness (QED) is 0.524. The fourth-order valence-corrected chi connectivity index (χ4v) is 3.86. The maximum absolute atomic E-state index is 12.9. The predicted molar refractivity (Wildman–Crippen MR) is 122 cm³/mol. The van der Waals surface area contributed by atoms with Gasteiger partial charge in [0.15, 0.2) is 0 Å². The maximum Gasteiger partial charge on any atom is 0.259 e. The number of amides is 1. The lowest BCUT2D eigenvalue weighted by molar-refractivity contribution is 0.102. The van der Waals surface area contributed by atoms with Gasteiger partial charge in [-0.25, -0.2) is 13.1 Å². The molecule has 0 saturated carbocycles. The number of aromatic nitrogens is 2. The van der Waals surface area contributed by atoms with Crippen LogP contribution in [0, 0.1) is 0 Å². The first-order chi connectivity index (χ1) is 14.8. The van der Waals surface area contributed by atoms with Crippen LogP contribution in [0.1, 0.15) is 29.9 Å². The zero-order valence-corrected chi connectivity index (χ0v) is 18.9. The summed E-state index contributed by atoms with van der Waals surface area (Å²) in [4.78, 5) is 12.9. The van der Waals surface area contributed by atoms with Gasteiger partial charge in [-0.2, -0.15) is 5.10 Å². The van der Waals surface area contributed by atoms with Crippen LogP contribution in [-0.2, 0) is 16.4 Å². The molecule has 8 nitrogen and oxygen atoms in total. The molecule has 0 saturated heterocycles. The lowest BCUT2D eigenvalue weighted by Gasteiger charge is -2.13. The van der Waals surface area contributed by atoms with E-state index in [-0.39, 0.29) is 11.7 Å². The van der Waals surface area contributed by atoms with Crippen molar-refractivity contribution in [3.05, 3.63) is 64.9 Å². The highest BCUT2D eigenvalue weighted by molar-refractivity contribution is 7.92. The van der Waals surface area contributed by atoms with Crippen LogP contribution in [-0.4, -0.2) is 37.0 Å². The Morgan fingerprint density at radius 1 is 1.19 bits per heavy atom. The molecule has 164 valence electrons. The van der Waals surface area contributed by atoms with Crippen molar-refractivity contribution in [2.45, 2.75) is 20.3 Å². The van der Waals surface area contributed by atoms with E-state index in [0.29, 0.717) is 34.1 Å². The van der Waals surface area contributed by atoms with Crippen LogP contribution < -0.4 is 14.8 Å². The van der Waals surface area contributed by atoms with Crippen molar-refractivity contribution in [1.29, 1.82) is 0 Å². The Balaban J connectivity index is 1.86. The van der Waals surface area contributed by atoms with Crippen LogP contribution in [0.2, 0.25) is 5.02 Å². The number of carbonyl (C=O) groups excluding carboxylic acids is 1. The zero-order valence-electron chi connectivity index (χ0n) is 17.3. The van der Waals surface area contributed by atoms with Gasteiger partial charge in [0.1, 0.15) is 5.75 Å². The molecule has 1 amide bonds. The Morgan fingerprint density at radius 2 is 1.97 bits per heavy atom. The van der Waals surface area contributed by atoms with E-state index in [9.17, 15) is 13.2 Å². The Labute approximate surface area is 186 Å². The molecular formula is C21H23ClN4O4S. The number of nitrogens with one attached hydrogen (secondary N) is 2. The van der Waals surface area contributed by atoms with E-state index < -0.39 is 10.0 Å². The molecule has 3 aromatic rings. The molecule has 31 heavy (non-hydrogen) atoms. The van der Waals surface area contributed by atoms with E-state index in [4.69, 9.17) is 16.3 Å². The molecule has 10 heteroatoms. The number of anilines is 2. The normalized spacial score (nSPS) is 11.2. The third kappa shape index (κ3) is 5.18. The van der Waals surface area contributed by atoms with Crippen molar-refractivity contribution >= 4 is 38.9 Å². The number of rotatable bonds is 8. The Bertz CT molecular complexity index is 1210. The molecule has 2 aromatic carbocycles. The van der Waals surface area contributed by atoms with Crippen LogP contribution in [0.3, 0.4) is 0 Å². The van der Waals surface area contributed by atoms with Gasteiger partial charge in [-0.05, 0) is 43.7 Å². The third-order valence-electron chi connectivity index (χ3n) is 4.61. The Kier molecular flexibility index (Phi) is 6.87. The summed E-state index contributed by atoms with van der Waals surface area (Å²) in [6.45, 7) is 3.48. The molecule has 0 bridgehead atoms. The minimum Gasteiger partial charge on any atom is -0.494 e. The molecule has 0 aliphatic rings. The number of ether oxygens (including phenoxy) is 1. The number of hydrogen-bond acceptors (Lipinski definition) is 5. The number of halogens is 1. The van der Waals surface area contributed by atoms with Crippen molar-refractivity contribution in [3.63, 3.8) is 0 Å². The van der Waals surface area contributed by atoms with E-state index in [1.165, 1.54) is 26.3 Å². The van der Waals surface area contributed by atoms with Crippen molar-refractivity contribution in [1.82, 2.24) is 9.78 Å². The van der Waals surface area contributed by atoms with Crippen LogP contribution in [0.4, 0.5) is 11.4 Å². The minimum atomic E-state index is -3.46. The van der Waals surface area contributed by atoms with Crippen molar-refractivity contribution in [3.8, 4) is 11.4 Å². The number of carbonyl (C=O) groups is 1. The van der Waals surface area contributed by atoms with Gasteiger partial charge in [0, 0.05) is 16.8 Å². The summed E-state index contributed by atoms with van der Waals surface area (Å²) in [5, 5.41) is 7.74. The van der Waals surface area contributed by atoms with Gasteiger partial charge in [0.25, 0.3) is 5.91 Å². The summed E-state index contributed by atoms with van der Waals surface area (Å²) in [6.07, 6.45) is 2.09. The Morgan fingerprint density at radius 3 is 2.61 bits per heavy atom. The number of methoxy groups -OCH3 is 1. The van der Waals surface area contributed by atoms with Crippen LogP contribution in [0.15, 0.2) is 48.7 Å². The minimum absolute atomic E-state index is 0.0644. The lowest BCUT2D eigenvalue weighted by atomic mass is 10.1. The second kappa shape index (κ2) is 9.40. The average molecular weight is 463 g/mol. The summed E-state index contributed by atoms with van der Waals surface area (Å²) in [6, 6.07) is 11.9. The van der Waals surface area contributed by atoms with E-state index in [2.05, 4.69) is 15.1 Å². The molecule has 1 aromatic heterocycles. The van der Waals surface area contributed by atoms with Crippen LogP contribution in [0.5, 0.6) is 5.75 Å². The van der Waals surface area contributed by atoms with Crippen molar-refractivity contribution < 1.29 is 17.9 Å². The first kappa shape index (κ1) is 22.6. The number of hydrogen-bond donors (Lipinski definition) is 2. The highest BCUT2D eigenvalue weighted by Gasteiger charge is 2.18. The lowest BCUT2D eigenvalue weighted by Crippen LogP contribution is -2.16. The first-order valence-electron chi connectivity index (χ1n) is 9.60. The molecule has 0 fully saturated rings. The van der Waals surface area contributed by atoms with E-state index >= 15 is 0 Å². The summed E-state index contributed by atoms with van der Waals surface area (Å²) in [7, 11) is -2.03. The highest BCUT2D eigenvalue weighted by atomic mass is 35.5. The summed E-state index contributed by atoms with van der Waals surface area (Å²) >= 11 is 6.08. The van der Waals surface area contributed by atoms with Gasteiger partial charge >= 0.3 is 0 Å². The molecule has 0 atom stereocenters. The first-order valence-corrected chi connectivity index (χ1v) is 11.6. The monoisotopic (exact) mass is 462 g/mol. The van der Waals surface area contributed by atoms with Gasteiger partial charge in [-0.15, -0.1) is 0 Å². The average Bonchev–Trinajstić information content (AvgIpc) is 3.19. The SMILES string of the molecule is CCc1c(C(=O)Nc2ccc(NS(=O)(=O)CC)c(OC)c2)cnn1-c1cccc(Cl)c1. The van der Waals surface area contributed by atoms with Crippen LogP contribution in [0.25, 0.3) is 5.69 Å². The van der Waals surface area contributed by atoms with Crippen LogP contribution >= 0.6 is 11.6 Å². The summed E-state index contributed by atoms with van der Waals surface area (Å²) < 4.78 is 33.1. The van der Waals surface area contributed by atoms with Gasteiger partial charge in [-0.1, -0.05) is 24.6 Å². The number of nitrogens with zero attached hydrogens (tertiary/aromatic N) is 2. The van der Waals surface area contributed by atoms with Gasteiger partial charge in [0.2, 0.25) is 10.0 Å². The molecule has 0 spiro atoms. The number of sulfonamides is 1. The second-order valence-electron chi connectivity index (χ2n) is 6.62. The topological polar surface area (TPSA) is 102 Å². The highest BCUT2D eigenvalue weighted by Crippen LogP contribution is 2.29. The molecule has 0 aliphatic carbocycles. The summed E-state index contributed by atoms with van der Waals surface area (Å²) in [5.74, 6) is -0.111. The van der Waals surface area contributed by atoms with Gasteiger partial charge < -0.3 is 10.1 Å². The molecule has 0 aliphatic heterocycles.